The molecule has 2 aromatic rings. The summed E-state index contributed by atoms with van der Waals surface area (Å²) in [5, 5.41) is 2.73. The molecular formula is C19H27N3O2. The van der Waals surface area contributed by atoms with E-state index < -0.39 is 0 Å². The Morgan fingerprint density at radius 3 is 2.71 bits per heavy atom. The van der Waals surface area contributed by atoms with Gasteiger partial charge in [-0.05, 0) is 38.3 Å². The molecule has 1 unspecified atom stereocenters. The molecule has 130 valence electrons. The lowest BCUT2D eigenvalue weighted by molar-refractivity contribution is 0.0950. The number of carbonyl (C=O) groups excluding carboxylic acids is 1. The molecule has 5 heteroatoms. The molecule has 0 aliphatic heterocycles. The van der Waals surface area contributed by atoms with Gasteiger partial charge in [-0.2, -0.15) is 0 Å². The van der Waals surface area contributed by atoms with Crippen molar-refractivity contribution < 1.29 is 9.21 Å². The standard InChI is InChI=1S/C19H27N3O2/c1-5-15(4)22(11-16-10-8-7-9-14(16)3)12-18-21-17(13-24-18)19(23)20-6-2/h7-10,13,15H,5-6,11-12H2,1-4H3,(H,20,23). The first-order chi connectivity index (χ1) is 11.5. The highest BCUT2D eigenvalue weighted by Gasteiger charge is 2.18. The average molecular weight is 329 g/mol. The van der Waals surface area contributed by atoms with Gasteiger partial charge in [-0.15, -0.1) is 0 Å². The van der Waals surface area contributed by atoms with Gasteiger partial charge >= 0.3 is 0 Å². The SMILES string of the molecule is CCNC(=O)c1coc(CN(Cc2ccccc2C)C(C)CC)n1. The molecule has 1 heterocycles. The summed E-state index contributed by atoms with van der Waals surface area (Å²) in [6, 6.07) is 8.79. The summed E-state index contributed by atoms with van der Waals surface area (Å²) in [7, 11) is 0. The maximum absolute atomic E-state index is 11.8. The molecule has 0 radical (unpaired) electrons. The number of benzene rings is 1. The summed E-state index contributed by atoms with van der Waals surface area (Å²) >= 11 is 0. The summed E-state index contributed by atoms with van der Waals surface area (Å²) in [5.74, 6) is 0.381. The second-order valence-electron chi connectivity index (χ2n) is 6.07. The van der Waals surface area contributed by atoms with Gasteiger partial charge < -0.3 is 9.73 Å². The van der Waals surface area contributed by atoms with Crippen LogP contribution in [0.4, 0.5) is 0 Å². The van der Waals surface area contributed by atoms with Crippen molar-refractivity contribution in [2.24, 2.45) is 0 Å². The van der Waals surface area contributed by atoms with Gasteiger partial charge in [-0.3, -0.25) is 9.69 Å². The molecule has 2 rings (SSSR count). The minimum atomic E-state index is -0.193. The van der Waals surface area contributed by atoms with Crippen molar-refractivity contribution >= 4 is 5.91 Å². The third-order valence-electron chi connectivity index (χ3n) is 4.31. The van der Waals surface area contributed by atoms with Crippen LogP contribution in [-0.4, -0.2) is 28.4 Å². The minimum absolute atomic E-state index is 0.193. The minimum Gasteiger partial charge on any atom is -0.447 e. The molecule has 0 saturated heterocycles. The lowest BCUT2D eigenvalue weighted by atomic mass is 10.1. The summed E-state index contributed by atoms with van der Waals surface area (Å²) < 4.78 is 5.51. The summed E-state index contributed by atoms with van der Waals surface area (Å²) in [6.07, 6.45) is 2.47. The summed E-state index contributed by atoms with van der Waals surface area (Å²) in [5.41, 5.74) is 2.92. The van der Waals surface area contributed by atoms with Crippen molar-refractivity contribution in [3.63, 3.8) is 0 Å². The first-order valence-corrected chi connectivity index (χ1v) is 8.56. The fourth-order valence-electron chi connectivity index (χ4n) is 2.54. The van der Waals surface area contributed by atoms with Gasteiger partial charge in [-0.1, -0.05) is 31.2 Å². The second kappa shape index (κ2) is 8.64. The van der Waals surface area contributed by atoms with E-state index in [1.54, 1.807) is 0 Å². The van der Waals surface area contributed by atoms with Crippen molar-refractivity contribution in [1.82, 2.24) is 15.2 Å². The molecule has 0 saturated carbocycles. The molecular weight excluding hydrogens is 302 g/mol. The maximum atomic E-state index is 11.8. The number of rotatable bonds is 8. The van der Waals surface area contributed by atoms with Gasteiger partial charge in [0.05, 0.1) is 6.54 Å². The van der Waals surface area contributed by atoms with E-state index >= 15 is 0 Å². The number of carbonyl (C=O) groups is 1. The summed E-state index contributed by atoms with van der Waals surface area (Å²) in [6.45, 7) is 10.4. The van der Waals surface area contributed by atoms with Crippen molar-refractivity contribution in [2.45, 2.75) is 53.2 Å². The van der Waals surface area contributed by atoms with Crippen LogP contribution in [0.25, 0.3) is 0 Å². The van der Waals surface area contributed by atoms with E-state index in [0.29, 0.717) is 30.7 Å². The number of oxazole rings is 1. The molecule has 0 spiro atoms. The Morgan fingerprint density at radius 2 is 2.04 bits per heavy atom. The topological polar surface area (TPSA) is 58.4 Å². The number of nitrogens with one attached hydrogen (secondary N) is 1. The molecule has 0 aliphatic rings. The highest BCUT2D eigenvalue weighted by molar-refractivity contribution is 5.91. The number of hydrogen-bond acceptors (Lipinski definition) is 4. The molecule has 5 nitrogen and oxygen atoms in total. The zero-order chi connectivity index (χ0) is 17.5. The van der Waals surface area contributed by atoms with Crippen LogP contribution < -0.4 is 5.32 Å². The number of nitrogens with zero attached hydrogens (tertiary/aromatic N) is 2. The van der Waals surface area contributed by atoms with E-state index in [1.807, 2.05) is 6.92 Å². The highest BCUT2D eigenvalue weighted by atomic mass is 16.3. The lowest BCUT2D eigenvalue weighted by Gasteiger charge is -2.27. The van der Waals surface area contributed by atoms with Gasteiger partial charge in [-0.25, -0.2) is 4.98 Å². The van der Waals surface area contributed by atoms with E-state index in [0.717, 1.165) is 13.0 Å². The summed E-state index contributed by atoms with van der Waals surface area (Å²) in [4.78, 5) is 18.5. The largest absolute Gasteiger partial charge is 0.447 e. The average Bonchev–Trinajstić information content (AvgIpc) is 3.04. The van der Waals surface area contributed by atoms with Crippen LogP contribution in [0.1, 0.15) is 54.7 Å². The molecule has 24 heavy (non-hydrogen) atoms. The molecule has 1 amide bonds. The van der Waals surface area contributed by atoms with E-state index in [9.17, 15) is 4.79 Å². The van der Waals surface area contributed by atoms with Gasteiger partial charge in [0.25, 0.3) is 5.91 Å². The third kappa shape index (κ3) is 4.68. The monoisotopic (exact) mass is 329 g/mol. The Labute approximate surface area is 144 Å². The van der Waals surface area contributed by atoms with Gasteiger partial charge in [0.2, 0.25) is 5.89 Å². The van der Waals surface area contributed by atoms with Gasteiger partial charge in [0.1, 0.15) is 6.26 Å². The number of aryl methyl sites for hydroxylation is 1. The van der Waals surface area contributed by atoms with E-state index in [4.69, 9.17) is 4.42 Å². The van der Waals surface area contributed by atoms with Crippen molar-refractivity contribution in [2.75, 3.05) is 6.54 Å². The molecule has 1 aromatic carbocycles. The molecule has 0 bridgehead atoms. The number of aromatic nitrogens is 1. The Bertz CT molecular complexity index is 666. The predicted octanol–water partition coefficient (Wildman–Crippen LogP) is 3.53. The van der Waals surface area contributed by atoms with E-state index in [1.165, 1.54) is 17.4 Å². The van der Waals surface area contributed by atoms with Crippen molar-refractivity contribution in [1.29, 1.82) is 0 Å². The number of amides is 1. The van der Waals surface area contributed by atoms with Gasteiger partial charge in [0, 0.05) is 19.1 Å². The van der Waals surface area contributed by atoms with Crippen LogP contribution in [0, 0.1) is 6.92 Å². The van der Waals surface area contributed by atoms with Crippen LogP contribution in [-0.2, 0) is 13.1 Å². The van der Waals surface area contributed by atoms with Crippen LogP contribution in [0.5, 0.6) is 0 Å². The molecule has 0 fully saturated rings. The Hall–Kier alpha value is -2.14. The van der Waals surface area contributed by atoms with Gasteiger partial charge in [0.15, 0.2) is 5.69 Å². The van der Waals surface area contributed by atoms with Crippen LogP contribution in [0.3, 0.4) is 0 Å². The smallest absolute Gasteiger partial charge is 0.273 e. The zero-order valence-electron chi connectivity index (χ0n) is 15.0. The van der Waals surface area contributed by atoms with Crippen molar-refractivity contribution in [3.05, 3.63) is 53.2 Å². The van der Waals surface area contributed by atoms with Crippen LogP contribution in [0.15, 0.2) is 34.9 Å². The first-order valence-electron chi connectivity index (χ1n) is 8.56. The lowest BCUT2D eigenvalue weighted by Crippen LogP contribution is -2.32. The molecule has 1 N–H and O–H groups in total. The normalized spacial score (nSPS) is 12.4. The second-order valence-corrected chi connectivity index (χ2v) is 6.07. The molecule has 0 aliphatic carbocycles. The van der Waals surface area contributed by atoms with Crippen molar-refractivity contribution in [3.8, 4) is 0 Å². The quantitative estimate of drug-likeness (QED) is 0.805. The molecule has 1 aromatic heterocycles. The Kier molecular flexibility index (Phi) is 6.55. The van der Waals surface area contributed by atoms with E-state index in [-0.39, 0.29) is 5.91 Å². The number of hydrogen-bond donors (Lipinski definition) is 1. The fourth-order valence-corrected chi connectivity index (χ4v) is 2.54. The Balaban J connectivity index is 2.12. The predicted molar refractivity (Wildman–Crippen MR) is 94.7 cm³/mol. The van der Waals surface area contributed by atoms with Crippen LogP contribution >= 0.6 is 0 Å². The zero-order valence-corrected chi connectivity index (χ0v) is 15.0. The van der Waals surface area contributed by atoms with E-state index in [2.05, 4.69) is 60.2 Å². The van der Waals surface area contributed by atoms with Crippen LogP contribution in [0.2, 0.25) is 0 Å². The maximum Gasteiger partial charge on any atom is 0.273 e. The first kappa shape index (κ1) is 18.2. The Morgan fingerprint density at radius 1 is 1.29 bits per heavy atom. The third-order valence-corrected chi connectivity index (χ3v) is 4.31. The fraction of sp³-hybridized carbons (Fsp3) is 0.474. The highest BCUT2D eigenvalue weighted by Crippen LogP contribution is 2.17. The molecule has 1 atom stereocenters.